The van der Waals surface area contributed by atoms with Gasteiger partial charge in [-0.2, -0.15) is 0 Å². The van der Waals surface area contributed by atoms with E-state index in [9.17, 15) is 9.59 Å². The van der Waals surface area contributed by atoms with Crippen LogP contribution in [0.15, 0.2) is 78.9 Å². The van der Waals surface area contributed by atoms with Gasteiger partial charge in [0.05, 0.1) is 6.42 Å². The Morgan fingerprint density at radius 3 is 2.03 bits per heavy atom. The first kappa shape index (κ1) is 21.6. The maximum Gasteiger partial charge on any atom is 0.407 e. The van der Waals surface area contributed by atoms with E-state index in [2.05, 4.69) is 29.6 Å². The maximum atomic E-state index is 12.2. The first-order valence-corrected chi connectivity index (χ1v) is 10.8. The number of ether oxygens (including phenoxy) is 2. The largest absolute Gasteiger partial charge is 0.455 e. The Morgan fingerprint density at radius 1 is 0.844 bits per heavy atom. The van der Waals surface area contributed by atoms with Crippen LogP contribution in [0.4, 0.5) is 4.79 Å². The van der Waals surface area contributed by atoms with Gasteiger partial charge in [0.15, 0.2) is 0 Å². The fourth-order valence-electron chi connectivity index (χ4n) is 4.15. The molecule has 0 aliphatic heterocycles. The van der Waals surface area contributed by atoms with Crippen molar-refractivity contribution in [1.29, 1.82) is 0 Å². The van der Waals surface area contributed by atoms with E-state index in [4.69, 9.17) is 9.47 Å². The average molecular weight is 430 g/mol. The molecule has 0 saturated heterocycles. The van der Waals surface area contributed by atoms with Crippen LogP contribution in [0.5, 0.6) is 0 Å². The van der Waals surface area contributed by atoms with E-state index >= 15 is 0 Å². The molecule has 0 unspecified atom stereocenters. The van der Waals surface area contributed by atoms with Crippen LogP contribution in [-0.2, 0) is 19.9 Å². The maximum absolute atomic E-state index is 12.2. The van der Waals surface area contributed by atoms with E-state index in [1.54, 1.807) is 0 Å². The summed E-state index contributed by atoms with van der Waals surface area (Å²) in [5.41, 5.74) is 4.86. The van der Waals surface area contributed by atoms with Crippen LogP contribution in [0.2, 0.25) is 0 Å². The Hall–Kier alpha value is -3.60. The van der Waals surface area contributed by atoms with E-state index in [1.807, 2.05) is 68.4 Å². The van der Waals surface area contributed by atoms with Crippen LogP contribution in [0, 0.1) is 0 Å². The fraction of sp³-hybridized carbons (Fsp3) is 0.259. The molecule has 1 N–H and O–H groups in total. The smallest absolute Gasteiger partial charge is 0.407 e. The van der Waals surface area contributed by atoms with Crippen molar-refractivity contribution in [3.8, 4) is 11.1 Å². The predicted molar refractivity (Wildman–Crippen MR) is 123 cm³/mol. The summed E-state index contributed by atoms with van der Waals surface area (Å²) >= 11 is 0. The number of hydrogen-bond donors (Lipinski definition) is 1. The lowest BCUT2D eigenvalue weighted by atomic mass is 9.98. The first-order chi connectivity index (χ1) is 15.5. The number of carbonyl (C=O) groups excluding carboxylic acids is 2. The van der Waals surface area contributed by atoms with Crippen molar-refractivity contribution in [2.24, 2.45) is 0 Å². The molecule has 164 valence electrons. The summed E-state index contributed by atoms with van der Waals surface area (Å²) in [4.78, 5) is 24.5. The zero-order chi connectivity index (χ0) is 22.6. The fourth-order valence-corrected chi connectivity index (χ4v) is 4.15. The molecule has 5 heteroatoms. The van der Waals surface area contributed by atoms with E-state index in [0.29, 0.717) is 0 Å². The van der Waals surface area contributed by atoms with Gasteiger partial charge in [0.2, 0.25) is 0 Å². The predicted octanol–water partition coefficient (Wildman–Crippen LogP) is 5.39. The van der Waals surface area contributed by atoms with E-state index in [1.165, 1.54) is 11.1 Å². The number of esters is 1. The van der Waals surface area contributed by atoms with Crippen LogP contribution in [0.3, 0.4) is 0 Å². The lowest BCUT2D eigenvalue weighted by Crippen LogP contribution is -2.31. The number of alkyl carbamates (subject to hydrolysis) is 1. The molecule has 0 heterocycles. The number of hydrogen-bond acceptors (Lipinski definition) is 4. The highest BCUT2D eigenvalue weighted by molar-refractivity contribution is 5.79. The summed E-state index contributed by atoms with van der Waals surface area (Å²) in [6.07, 6.45) is -0.470. The summed E-state index contributed by atoms with van der Waals surface area (Å²) in [6, 6.07) is 25.9. The average Bonchev–Trinajstić information content (AvgIpc) is 3.12. The van der Waals surface area contributed by atoms with E-state index in [0.717, 1.165) is 16.7 Å². The highest BCUT2D eigenvalue weighted by Gasteiger charge is 2.29. The standard InChI is InChI=1S/C27H27NO4/c1-27(2,19-10-4-3-5-11-19)32-25(29)16-17-28-26(30)31-18-24-22-14-8-6-12-20(22)21-13-7-9-15-23(21)24/h3-15,24H,16-18H2,1-2H3,(H,28,30). The molecule has 0 saturated carbocycles. The molecular weight excluding hydrogens is 402 g/mol. The molecule has 0 fully saturated rings. The van der Waals surface area contributed by atoms with Crippen molar-refractivity contribution in [3.63, 3.8) is 0 Å². The molecule has 1 aliphatic carbocycles. The van der Waals surface area contributed by atoms with Crippen molar-refractivity contribution in [2.75, 3.05) is 13.2 Å². The lowest BCUT2D eigenvalue weighted by Gasteiger charge is -2.25. The van der Waals surface area contributed by atoms with Crippen molar-refractivity contribution in [2.45, 2.75) is 31.8 Å². The quantitative estimate of drug-likeness (QED) is 0.511. The highest BCUT2D eigenvalue weighted by Crippen LogP contribution is 2.44. The summed E-state index contributed by atoms with van der Waals surface area (Å²) < 4.78 is 11.1. The normalized spacial score (nSPS) is 12.6. The van der Waals surface area contributed by atoms with Gasteiger partial charge in [0.25, 0.3) is 0 Å². The van der Waals surface area contributed by atoms with Gasteiger partial charge in [0, 0.05) is 12.5 Å². The summed E-state index contributed by atoms with van der Waals surface area (Å²) in [5.74, 6) is -0.373. The highest BCUT2D eigenvalue weighted by atomic mass is 16.6. The zero-order valence-electron chi connectivity index (χ0n) is 18.3. The van der Waals surface area contributed by atoms with Crippen molar-refractivity contribution >= 4 is 12.1 Å². The lowest BCUT2D eigenvalue weighted by molar-refractivity contribution is -0.157. The Labute approximate surface area is 188 Å². The van der Waals surface area contributed by atoms with Crippen LogP contribution >= 0.6 is 0 Å². The Balaban J connectivity index is 1.26. The number of amides is 1. The van der Waals surface area contributed by atoms with Gasteiger partial charge in [-0.3, -0.25) is 4.79 Å². The van der Waals surface area contributed by atoms with Crippen LogP contribution in [-0.4, -0.2) is 25.2 Å². The summed E-state index contributed by atoms with van der Waals surface area (Å²) in [5, 5.41) is 2.65. The third-order valence-corrected chi connectivity index (χ3v) is 5.78. The van der Waals surface area contributed by atoms with Crippen LogP contribution in [0.1, 0.15) is 42.9 Å². The second-order valence-electron chi connectivity index (χ2n) is 8.35. The van der Waals surface area contributed by atoms with Gasteiger partial charge in [-0.15, -0.1) is 0 Å². The molecular formula is C27H27NO4. The zero-order valence-corrected chi connectivity index (χ0v) is 18.3. The molecule has 1 aliphatic rings. The molecule has 5 nitrogen and oxygen atoms in total. The molecule has 3 aromatic carbocycles. The number of rotatable bonds is 7. The molecule has 0 atom stereocenters. The molecule has 32 heavy (non-hydrogen) atoms. The van der Waals surface area contributed by atoms with Crippen LogP contribution < -0.4 is 5.32 Å². The third-order valence-electron chi connectivity index (χ3n) is 5.78. The third kappa shape index (κ3) is 4.67. The monoisotopic (exact) mass is 429 g/mol. The minimum atomic E-state index is -0.734. The van der Waals surface area contributed by atoms with Gasteiger partial charge in [0.1, 0.15) is 12.2 Å². The topological polar surface area (TPSA) is 64.6 Å². The van der Waals surface area contributed by atoms with Gasteiger partial charge in [-0.1, -0.05) is 78.9 Å². The van der Waals surface area contributed by atoms with Gasteiger partial charge < -0.3 is 14.8 Å². The van der Waals surface area contributed by atoms with Crippen molar-refractivity contribution in [1.82, 2.24) is 5.32 Å². The second-order valence-corrected chi connectivity index (χ2v) is 8.35. The molecule has 0 bridgehead atoms. The SMILES string of the molecule is CC(C)(OC(=O)CCNC(=O)OCC1c2ccccc2-c2ccccc21)c1ccccc1. The minimum absolute atomic E-state index is 0.00443. The molecule has 4 rings (SSSR count). The summed E-state index contributed by atoms with van der Waals surface area (Å²) in [6.45, 7) is 4.09. The molecule has 0 aromatic heterocycles. The first-order valence-electron chi connectivity index (χ1n) is 10.8. The Morgan fingerprint density at radius 2 is 1.41 bits per heavy atom. The number of nitrogens with one attached hydrogen (secondary N) is 1. The minimum Gasteiger partial charge on any atom is -0.455 e. The van der Waals surface area contributed by atoms with Crippen molar-refractivity contribution < 1.29 is 19.1 Å². The van der Waals surface area contributed by atoms with Gasteiger partial charge >= 0.3 is 12.1 Å². The Bertz CT molecular complexity index is 1060. The van der Waals surface area contributed by atoms with Gasteiger partial charge in [-0.05, 0) is 41.7 Å². The van der Waals surface area contributed by atoms with E-state index < -0.39 is 11.7 Å². The van der Waals surface area contributed by atoms with E-state index in [-0.39, 0.29) is 31.5 Å². The van der Waals surface area contributed by atoms with Crippen LogP contribution in [0.25, 0.3) is 11.1 Å². The second kappa shape index (κ2) is 9.27. The molecule has 0 radical (unpaired) electrons. The number of fused-ring (bicyclic) bond motifs is 3. The molecule has 3 aromatic rings. The summed E-state index contributed by atoms with van der Waals surface area (Å²) in [7, 11) is 0. The number of carbonyl (C=O) groups is 2. The number of benzene rings is 3. The van der Waals surface area contributed by atoms with Gasteiger partial charge in [-0.25, -0.2) is 4.79 Å². The molecule has 0 spiro atoms. The van der Waals surface area contributed by atoms with Crippen molar-refractivity contribution in [3.05, 3.63) is 95.6 Å². The Kier molecular flexibility index (Phi) is 6.26. The molecule has 1 amide bonds.